The molecule has 3 aromatic rings. The molecule has 0 spiro atoms. The van der Waals surface area contributed by atoms with Gasteiger partial charge < -0.3 is 19.9 Å². The molecule has 0 radical (unpaired) electrons. The van der Waals surface area contributed by atoms with E-state index in [0.29, 0.717) is 35.4 Å². The Morgan fingerprint density at radius 2 is 1.86 bits per heavy atom. The lowest BCUT2D eigenvalue weighted by molar-refractivity contribution is 0.0697. The Hall–Kier alpha value is -3.18. The summed E-state index contributed by atoms with van der Waals surface area (Å²) in [5.41, 5.74) is 3.96. The second-order valence-corrected chi connectivity index (χ2v) is 7.02. The molecule has 0 atom stereocenters. The number of ether oxygens (including phenoxy) is 2. The number of carboxylic acid groups (broad SMARTS) is 1. The average Bonchev–Trinajstić information content (AvgIpc) is 2.71. The van der Waals surface area contributed by atoms with E-state index in [1.54, 1.807) is 13.2 Å². The molecule has 0 saturated carbocycles. The lowest BCUT2D eigenvalue weighted by atomic mass is 10.1. The van der Waals surface area contributed by atoms with Crippen LogP contribution in [0.4, 0.5) is 5.69 Å². The number of rotatable bonds is 8. The fraction of sp³-hybridized carbons (Fsp3) is 0.174. The van der Waals surface area contributed by atoms with Crippen LogP contribution >= 0.6 is 11.6 Å². The average molecular weight is 412 g/mol. The van der Waals surface area contributed by atoms with E-state index >= 15 is 0 Å². The number of aromatic carboxylic acids is 1. The zero-order valence-corrected chi connectivity index (χ0v) is 17.0. The van der Waals surface area contributed by atoms with Crippen molar-refractivity contribution in [1.82, 2.24) is 0 Å². The van der Waals surface area contributed by atoms with E-state index in [4.69, 9.17) is 26.2 Å². The fourth-order valence-electron chi connectivity index (χ4n) is 2.90. The maximum atomic E-state index is 11.1. The third-order valence-electron chi connectivity index (χ3n) is 4.40. The van der Waals surface area contributed by atoms with Crippen molar-refractivity contribution in [1.29, 1.82) is 0 Å². The summed E-state index contributed by atoms with van der Waals surface area (Å²) in [5.74, 6) is 0.285. The van der Waals surface area contributed by atoms with Crippen molar-refractivity contribution in [2.24, 2.45) is 0 Å². The molecule has 0 aliphatic heterocycles. The molecule has 0 bridgehead atoms. The van der Waals surface area contributed by atoms with E-state index in [1.807, 2.05) is 43.3 Å². The Bertz CT molecular complexity index is 1020. The molecular weight excluding hydrogens is 390 g/mol. The lowest BCUT2D eigenvalue weighted by Crippen LogP contribution is -2.04. The largest absolute Gasteiger partial charge is 0.493 e. The molecule has 150 valence electrons. The number of methoxy groups -OCH3 is 1. The first-order valence-electron chi connectivity index (χ1n) is 9.08. The van der Waals surface area contributed by atoms with Crippen LogP contribution in [0.1, 0.15) is 27.0 Å². The number of anilines is 1. The lowest BCUT2D eigenvalue weighted by Gasteiger charge is -2.14. The molecule has 5 nitrogen and oxygen atoms in total. The van der Waals surface area contributed by atoms with Crippen LogP contribution in [0.25, 0.3) is 0 Å². The molecule has 0 aliphatic rings. The van der Waals surface area contributed by atoms with Gasteiger partial charge in [-0.3, -0.25) is 0 Å². The summed E-state index contributed by atoms with van der Waals surface area (Å²) < 4.78 is 11.4. The highest BCUT2D eigenvalue weighted by molar-refractivity contribution is 6.33. The standard InChI is InChI=1S/C23H22ClNO4/c1-15-4-3-5-17(10-15)14-29-21-9-6-16(11-22(21)28-2)13-25-20-12-18(23(26)27)7-8-19(20)24/h3-12,25H,13-14H2,1-2H3,(H,26,27). The van der Waals surface area contributed by atoms with Crippen molar-refractivity contribution in [3.8, 4) is 11.5 Å². The first kappa shape index (κ1) is 20.6. The van der Waals surface area contributed by atoms with Crippen LogP contribution in [-0.2, 0) is 13.2 Å². The number of carboxylic acids is 1. The Labute approximate surface area is 174 Å². The van der Waals surface area contributed by atoms with Crippen LogP contribution in [0.5, 0.6) is 11.5 Å². The SMILES string of the molecule is COc1cc(CNc2cc(C(=O)O)ccc2Cl)ccc1OCc1cccc(C)c1. The van der Waals surface area contributed by atoms with E-state index in [-0.39, 0.29) is 5.56 Å². The van der Waals surface area contributed by atoms with Crippen LogP contribution in [0.2, 0.25) is 5.02 Å². The topological polar surface area (TPSA) is 67.8 Å². The fourth-order valence-corrected chi connectivity index (χ4v) is 3.08. The van der Waals surface area contributed by atoms with Gasteiger partial charge in [-0.1, -0.05) is 47.5 Å². The molecule has 0 fully saturated rings. The number of hydrogen-bond acceptors (Lipinski definition) is 4. The monoisotopic (exact) mass is 411 g/mol. The minimum atomic E-state index is -0.999. The maximum Gasteiger partial charge on any atom is 0.335 e. The van der Waals surface area contributed by atoms with Crippen LogP contribution in [0.15, 0.2) is 60.7 Å². The summed E-state index contributed by atoms with van der Waals surface area (Å²) in [7, 11) is 1.60. The molecule has 29 heavy (non-hydrogen) atoms. The predicted molar refractivity (Wildman–Crippen MR) is 114 cm³/mol. The van der Waals surface area contributed by atoms with Crippen molar-refractivity contribution in [2.75, 3.05) is 12.4 Å². The second kappa shape index (κ2) is 9.34. The summed E-state index contributed by atoms with van der Waals surface area (Å²) in [6.45, 7) is 2.95. The number of benzene rings is 3. The second-order valence-electron chi connectivity index (χ2n) is 6.62. The Morgan fingerprint density at radius 3 is 2.59 bits per heavy atom. The highest BCUT2D eigenvalue weighted by Gasteiger charge is 2.09. The van der Waals surface area contributed by atoms with Gasteiger partial charge in [0.05, 0.1) is 23.4 Å². The molecular formula is C23H22ClNO4. The molecule has 6 heteroatoms. The molecule has 0 heterocycles. The van der Waals surface area contributed by atoms with Gasteiger partial charge in [0.15, 0.2) is 11.5 Å². The zero-order valence-electron chi connectivity index (χ0n) is 16.2. The highest BCUT2D eigenvalue weighted by Crippen LogP contribution is 2.30. The maximum absolute atomic E-state index is 11.1. The first-order chi connectivity index (χ1) is 14.0. The van der Waals surface area contributed by atoms with Crippen molar-refractivity contribution >= 4 is 23.3 Å². The van der Waals surface area contributed by atoms with Crippen LogP contribution in [0, 0.1) is 6.92 Å². The summed E-state index contributed by atoms with van der Waals surface area (Å²) in [6.07, 6.45) is 0. The molecule has 3 aromatic carbocycles. The predicted octanol–water partition coefficient (Wildman–Crippen LogP) is 5.55. The van der Waals surface area contributed by atoms with E-state index in [1.165, 1.54) is 17.7 Å². The summed E-state index contributed by atoms with van der Waals surface area (Å²) in [6, 6.07) is 18.4. The van der Waals surface area contributed by atoms with Gasteiger partial charge >= 0.3 is 5.97 Å². The number of carbonyl (C=O) groups is 1. The van der Waals surface area contributed by atoms with Gasteiger partial charge in [-0.15, -0.1) is 0 Å². The number of hydrogen-bond donors (Lipinski definition) is 2. The van der Waals surface area contributed by atoms with Gasteiger partial charge in [0.1, 0.15) is 6.61 Å². The normalized spacial score (nSPS) is 10.4. The van der Waals surface area contributed by atoms with Gasteiger partial charge in [-0.25, -0.2) is 4.79 Å². The summed E-state index contributed by atoms with van der Waals surface area (Å²) >= 11 is 6.16. The van der Waals surface area contributed by atoms with Crippen molar-refractivity contribution in [3.63, 3.8) is 0 Å². The molecule has 0 unspecified atom stereocenters. The first-order valence-corrected chi connectivity index (χ1v) is 9.46. The van der Waals surface area contributed by atoms with Crippen LogP contribution < -0.4 is 14.8 Å². The number of halogens is 1. The van der Waals surface area contributed by atoms with Crippen molar-refractivity contribution in [2.45, 2.75) is 20.1 Å². The van der Waals surface area contributed by atoms with Crippen molar-refractivity contribution < 1.29 is 19.4 Å². The van der Waals surface area contributed by atoms with Gasteiger partial charge in [0.2, 0.25) is 0 Å². The molecule has 0 amide bonds. The number of aryl methyl sites for hydroxylation is 1. The third-order valence-corrected chi connectivity index (χ3v) is 4.73. The smallest absolute Gasteiger partial charge is 0.335 e. The molecule has 2 N–H and O–H groups in total. The molecule has 0 aromatic heterocycles. The van der Waals surface area contributed by atoms with E-state index in [2.05, 4.69) is 11.4 Å². The Morgan fingerprint density at radius 1 is 1.03 bits per heavy atom. The van der Waals surface area contributed by atoms with Gasteiger partial charge in [-0.05, 0) is 48.4 Å². The van der Waals surface area contributed by atoms with Crippen molar-refractivity contribution in [3.05, 3.63) is 87.9 Å². The highest BCUT2D eigenvalue weighted by atomic mass is 35.5. The van der Waals surface area contributed by atoms with E-state index in [0.717, 1.165) is 11.1 Å². The quantitative estimate of drug-likeness (QED) is 0.509. The minimum absolute atomic E-state index is 0.175. The van der Waals surface area contributed by atoms with Gasteiger partial charge in [0, 0.05) is 6.54 Å². The van der Waals surface area contributed by atoms with Gasteiger partial charge in [0.25, 0.3) is 0 Å². The summed E-state index contributed by atoms with van der Waals surface area (Å²) in [4.78, 5) is 11.1. The number of nitrogens with one attached hydrogen (secondary N) is 1. The van der Waals surface area contributed by atoms with Crippen LogP contribution in [-0.4, -0.2) is 18.2 Å². The van der Waals surface area contributed by atoms with E-state index in [9.17, 15) is 4.79 Å². The molecule has 3 rings (SSSR count). The molecule has 0 aliphatic carbocycles. The Balaban J connectivity index is 1.69. The third kappa shape index (κ3) is 5.42. The van der Waals surface area contributed by atoms with E-state index < -0.39 is 5.97 Å². The zero-order chi connectivity index (χ0) is 20.8. The van der Waals surface area contributed by atoms with Crippen LogP contribution in [0.3, 0.4) is 0 Å². The Kier molecular flexibility index (Phi) is 6.62. The minimum Gasteiger partial charge on any atom is -0.493 e. The summed E-state index contributed by atoms with van der Waals surface area (Å²) in [5, 5.41) is 12.8. The van der Waals surface area contributed by atoms with Gasteiger partial charge in [-0.2, -0.15) is 0 Å². The molecule has 0 saturated heterocycles.